The van der Waals surface area contributed by atoms with E-state index in [1.807, 2.05) is 50.2 Å². The van der Waals surface area contributed by atoms with Gasteiger partial charge in [-0.15, -0.1) is 0 Å². The van der Waals surface area contributed by atoms with Crippen molar-refractivity contribution < 1.29 is 14.3 Å². The standard InChI is InChI=1S/C18H18N2O3/c1-11-7-8-15-14(9-11)20-18(22)16(23-15)17(21)19-10-13-6-4-3-5-12(13)2/h3-9,16H,10H2,1-2H3,(H,19,21)(H,20,22). The third-order valence-electron chi connectivity index (χ3n) is 3.83. The molecule has 1 unspecified atom stereocenters. The molecule has 1 aliphatic heterocycles. The summed E-state index contributed by atoms with van der Waals surface area (Å²) < 4.78 is 5.56. The van der Waals surface area contributed by atoms with Crippen molar-refractivity contribution in [1.82, 2.24) is 5.32 Å². The lowest BCUT2D eigenvalue weighted by Crippen LogP contribution is -2.48. The second kappa shape index (κ2) is 6.12. The van der Waals surface area contributed by atoms with Crippen LogP contribution in [0, 0.1) is 13.8 Å². The summed E-state index contributed by atoms with van der Waals surface area (Å²) in [5, 5.41) is 5.47. The van der Waals surface area contributed by atoms with E-state index in [4.69, 9.17) is 4.74 Å². The molecule has 5 nitrogen and oxygen atoms in total. The zero-order valence-corrected chi connectivity index (χ0v) is 13.1. The molecule has 1 heterocycles. The van der Waals surface area contributed by atoms with E-state index in [1.54, 1.807) is 6.07 Å². The lowest BCUT2D eigenvalue weighted by Gasteiger charge is -2.25. The van der Waals surface area contributed by atoms with Gasteiger partial charge in [0, 0.05) is 6.54 Å². The molecule has 0 fully saturated rings. The molecule has 2 amide bonds. The number of rotatable bonds is 3. The van der Waals surface area contributed by atoms with Crippen LogP contribution >= 0.6 is 0 Å². The molecule has 5 heteroatoms. The molecule has 1 atom stereocenters. The third kappa shape index (κ3) is 3.18. The van der Waals surface area contributed by atoms with Crippen molar-refractivity contribution in [1.29, 1.82) is 0 Å². The molecule has 0 aliphatic carbocycles. The molecule has 0 aromatic heterocycles. The SMILES string of the molecule is Cc1ccc2c(c1)NC(=O)C(C(=O)NCc1ccccc1C)O2. The summed E-state index contributed by atoms with van der Waals surface area (Å²) in [5.74, 6) is -0.395. The Hall–Kier alpha value is -2.82. The summed E-state index contributed by atoms with van der Waals surface area (Å²) >= 11 is 0. The highest BCUT2D eigenvalue weighted by atomic mass is 16.5. The first kappa shape index (κ1) is 15.1. The summed E-state index contributed by atoms with van der Waals surface area (Å²) in [7, 11) is 0. The number of carbonyl (C=O) groups is 2. The van der Waals surface area contributed by atoms with E-state index in [0.29, 0.717) is 18.0 Å². The highest BCUT2D eigenvalue weighted by Gasteiger charge is 2.33. The fourth-order valence-corrected chi connectivity index (χ4v) is 2.48. The number of nitrogens with one attached hydrogen (secondary N) is 2. The van der Waals surface area contributed by atoms with Gasteiger partial charge >= 0.3 is 0 Å². The van der Waals surface area contributed by atoms with E-state index >= 15 is 0 Å². The van der Waals surface area contributed by atoms with Crippen LogP contribution in [0.5, 0.6) is 5.75 Å². The first-order valence-corrected chi connectivity index (χ1v) is 7.45. The zero-order chi connectivity index (χ0) is 16.4. The molecule has 3 rings (SSSR count). The Morgan fingerprint density at radius 3 is 2.78 bits per heavy atom. The second-order valence-corrected chi connectivity index (χ2v) is 5.63. The Labute approximate surface area is 134 Å². The number of ether oxygens (including phenoxy) is 1. The molecule has 0 bridgehead atoms. The monoisotopic (exact) mass is 310 g/mol. The van der Waals surface area contributed by atoms with Crippen LogP contribution in [-0.4, -0.2) is 17.9 Å². The summed E-state index contributed by atoms with van der Waals surface area (Å²) in [6.07, 6.45) is -1.17. The van der Waals surface area contributed by atoms with Crippen molar-refractivity contribution in [2.45, 2.75) is 26.5 Å². The maximum absolute atomic E-state index is 12.3. The predicted octanol–water partition coefficient (Wildman–Crippen LogP) is 2.32. The molecular formula is C18H18N2O3. The van der Waals surface area contributed by atoms with E-state index in [9.17, 15) is 9.59 Å². The maximum atomic E-state index is 12.3. The Kier molecular flexibility index (Phi) is 4.02. The topological polar surface area (TPSA) is 67.4 Å². The third-order valence-corrected chi connectivity index (χ3v) is 3.83. The minimum absolute atomic E-state index is 0.361. The fourth-order valence-electron chi connectivity index (χ4n) is 2.48. The Morgan fingerprint density at radius 2 is 2.00 bits per heavy atom. The first-order valence-electron chi connectivity index (χ1n) is 7.45. The van der Waals surface area contributed by atoms with Gasteiger partial charge in [-0.3, -0.25) is 9.59 Å². The van der Waals surface area contributed by atoms with Crippen molar-refractivity contribution in [2.24, 2.45) is 0 Å². The normalized spacial score (nSPS) is 16.1. The van der Waals surface area contributed by atoms with Crippen LogP contribution in [0.3, 0.4) is 0 Å². The maximum Gasteiger partial charge on any atom is 0.275 e. The van der Waals surface area contributed by atoms with Crippen molar-refractivity contribution in [2.75, 3.05) is 5.32 Å². The number of benzene rings is 2. The molecule has 2 N–H and O–H groups in total. The summed E-state index contributed by atoms with van der Waals surface area (Å²) in [6, 6.07) is 13.2. The number of hydrogen-bond acceptors (Lipinski definition) is 3. The number of anilines is 1. The van der Waals surface area contributed by atoms with Crippen molar-refractivity contribution in [3.63, 3.8) is 0 Å². The van der Waals surface area contributed by atoms with Crippen molar-refractivity contribution in [3.8, 4) is 5.75 Å². The highest BCUT2D eigenvalue weighted by Crippen LogP contribution is 2.30. The molecule has 2 aromatic rings. The Bertz CT molecular complexity index is 771. The number of amides is 2. The average molecular weight is 310 g/mol. The summed E-state index contributed by atoms with van der Waals surface area (Å²) in [4.78, 5) is 24.4. The van der Waals surface area contributed by atoms with Gasteiger partial charge in [0.25, 0.3) is 17.9 Å². The van der Waals surface area contributed by atoms with Crippen LogP contribution < -0.4 is 15.4 Å². The van der Waals surface area contributed by atoms with Crippen LogP contribution in [-0.2, 0) is 16.1 Å². The van der Waals surface area contributed by atoms with Crippen LogP contribution in [0.15, 0.2) is 42.5 Å². The van der Waals surface area contributed by atoms with E-state index in [0.717, 1.165) is 16.7 Å². The van der Waals surface area contributed by atoms with Gasteiger partial charge in [-0.1, -0.05) is 30.3 Å². The molecule has 0 saturated heterocycles. The van der Waals surface area contributed by atoms with Gasteiger partial charge in [0.15, 0.2) is 0 Å². The van der Waals surface area contributed by atoms with Gasteiger partial charge < -0.3 is 15.4 Å². The second-order valence-electron chi connectivity index (χ2n) is 5.63. The summed E-state index contributed by atoms with van der Waals surface area (Å²) in [5.41, 5.74) is 3.70. The van der Waals surface area contributed by atoms with Gasteiger partial charge in [-0.05, 0) is 42.7 Å². The number of hydrogen-bond donors (Lipinski definition) is 2. The molecule has 118 valence electrons. The van der Waals surface area contributed by atoms with Crippen molar-refractivity contribution in [3.05, 3.63) is 59.2 Å². The number of fused-ring (bicyclic) bond motifs is 1. The van der Waals surface area contributed by atoms with E-state index in [1.165, 1.54) is 0 Å². The fraction of sp³-hybridized carbons (Fsp3) is 0.222. The molecule has 0 spiro atoms. The lowest BCUT2D eigenvalue weighted by molar-refractivity contribution is -0.137. The number of aryl methyl sites for hydroxylation is 2. The van der Waals surface area contributed by atoms with Crippen LogP contribution in [0.25, 0.3) is 0 Å². The Balaban J connectivity index is 1.69. The van der Waals surface area contributed by atoms with Crippen LogP contribution in [0.4, 0.5) is 5.69 Å². The molecule has 0 radical (unpaired) electrons. The minimum atomic E-state index is -1.17. The average Bonchev–Trinajstić information content (AvgIpc) is 2.53. The molecule has 0 saturated carbocycles. The molecule has 1 aliphatic rings. The Morgan fingerprint density at radius 1 is 1.22 bits per heavy atom. The number of carbonyl (C=O) groups excluding carboxylic acids is 2. The van der Waals surface area contributed by atoms with Gasteiger partial charge in [0.1, 0.15) is 5.75 Å². The van der Waals surface area contributed by atoms with Gasteiger partial charge in [-0.2, -0.15) is 0 Å². The zero-order valence-electron chi connectivity index (χ0n) is 13.1. The quantitative estimate of drug-likeness (QED) is 0.855. The lowest BCUT2D eigenvalue weighted by atomic mass is 10.1. The summed E-state index contributed by atoms with van der Waals surface area (Å²) in [6.45, 7) is 4.26. The highest BCUT2D eigenvalue weighted by molar-refractivity contribution is 6.11. The van der Waals surface area contributed by atoms with Gasteiger partial charge in [-0.25, -0.2) is 0 Å². The molecule has 23 heavy (non-hydrogen) atoms. The largest absolute Gasteiger partial charge is 0.468 e. The predicted molar refractivity (Wildman–Crippen MR) is 87.3 cm³/mol. The molecule has 2 aromatic carbocycles. The van der Waals surface area contributed by atoms with Crippen LogP contribution in [0.2, 0.25) is 0 Å². The van der Waals surface area contributed by atoms with Crippen molar-refractivity contribution >= 4 is 17.5 Å². The van der Waals surface area contributed by atoms with Gasteiger partial charge in [0.05, 0.1) is 5.69 Å². The van der Waals surface area contributed by atoms with E-state index < -0.39 is 17.9 Å². The van der Waals surface area contributed by atoms with E-state index in [-0.39, 0.29) is 0 Å². The van der Waals surface area contributed by atoms with Gasteiger partial charge in [0.2, 0.25) is 0 Å². The first-order chi connectivity index (χ1) is 11.0. The molecular weight excluding hydrogens is 292 g/mol. The van der Waals surface area contributed by atoms with Crippen LogP contribution in [0.1, 0.15) is 16.7 Å². The van der Waals surface area contributed by atoms with E-state index in [2.05, 4.69) is 10.6 Å². The smallest absolute Gasteiger partial charge is 0.275 e. The minimum Gasteiger partial charge on any atom is -0.468 e.